The number of carbonyl (C=O) groups excluding carboxylic acids is 1. The van der Waals surface area contributed by atoms with Gasteiger partial charge in [0.15, 0.2) is 17.3 Å². The van der Waals surface area contributed by atoms with Crippen molar-refractivity contribution >= 4 is 5.91 Å². The van der Waals surface area contributed by atoms with E-state index in [0.717, 1.165) is 37.0 Å². The molecule has 4 nitrogen and oxygen atoms in total. The smallest absolute Gasteiger partial charge is 0.272 e. The summed E-state index contributed by atoms with van der Waals surface area (Å²) in [5.41, 5.74) is 3.74. The van der Waals surface area contributed by atoms with Crippen LogP contribution in [-0.4, -0.2) is 15.7 Å². The number of fused-ring (bicyclic) bond motifs is 1. The molecule has 144 valence electrons. The first-order valence-corrected chi connectivity index (χ1v) is 9.48. The molecule has 1 heterocycles. The zero-order valence-corrected chi connectivity index (χ0v) is 15.6. The van der Waals surface area contributed by atoms with Crippen molar-refractivity contribution in [1.82, 2.24) is 15.1 Å². The van der Waals surface area contributed by atoms with Gasteiger partial charge in [-0.05, 0) is 61.6 Å². The zero-order chi connectivity index (χ0) is 19.7. The standard InChI is InChI=1S/C22H21F2N3O/c1-2-27-21(15-10-11-17(23)18(24)12-15)13-20(26-27)22(28)25-19-9-5-7-14-6-3-4-8-16(14)19/h3-4,6,8,10-13,19H,2,5,7,9H2,1H3,(H,25,28). The predicted molar refractivity (Wildman–Crippen MR) is 103 cm³/mol. The molecule has 1 atom stereocenters. The average Bonchev–Trinajstić information content (AvgIpc) is 3.15. The van der Waals surface area contributed by atoms with Gasteiger partial charge in [0, 0.05) is 12.1 Å². The molecule has 1 aromatic heterocycles. The molecule has 0 spiro atoms. The maximum absolute atomic E-state index is 13.6. The number of hydrogen-bond donors (Lipinski definition) is 1. The number of benzene rings is 2. The Morgan fingerprint density at radius 3 is 2.79 bits per heavy atom. The fraction of sp³-hybridized carbons (Fsp3) is 0.273. The van der Waals surface area contributed by atoms with Gasteiger partial charge in [-0.25, -0.2) is 8.78 Å². The van der Waals surface area contributed by atoms with Gasteiger partial charge in [-0.15, -0.1) is 0 Å². The normalized spacial score (nSPS) is 15.9. The third-order valence-electron chi connectivity index (χ3n) is 5.20. The Bertz CT molecular complexity index is 1030. The van der Waals surface area contributed by atoms with E-state index in [-0.39, 0.29) is 17.6 Å². The average molecular weight is 381 g/mol. The summed E-state index contributed by atoms with van der Waals surface area (Å²) in [5, 5.41) is 7.45. The lowest BCUT2D eigenvalue weighted by Gasteiger charge is -2.26. The molecule has 3 aromatic rings. The van der Waals surface area contributed by atoms with Crippen LogP contribution in [0.3, 0.4) is 0 Å². The summed E-state index contributed by atoms with van der Waals surface area (Å²) in [7, 11) is 0. The van der Waals surface area contributed by atoms with Gasteiger partial charge in [0.25, 0.3) is 5.91 Å². The first kappa shape index (κ1) is 18.3. The van der Waals surface area contributed by atoms with Crippen LogP contribution in [0.1, 0.15) is 47.4 Å². The van der Waals surface area contributed by atoms with E-state index in [9.17, 15) is 13.6 Å². The number of halogens is 2. The van der Waals surface area contributed by atoms with E-state index in [1.54, 1.807) is 10.7 Å². The highest BCUT2D eigenvalue weighted by Crippen LogP contribution is 2.30. The molecule has 1 N–H and O–H groups in total. The van der Waals surface area contributed by atoms with Crippen molar-refractivity contribution in [2.75, 3.05) is 0 Å². The molecule has 0 aliphatic heterocycles. The van der Waals surface area contributed by atoms with Crippen LogP contribution in [0.4, 0.5) is 8.78 Å². The monoisotopic (exact) mass is 381 g/mol. The largest absolute Gasteiger partial charge is 0.344 e. The predicted octanol–water partition coefficient (Wildman–Crippen LogP) is 4.66. The van der Waals surface area contributed by atoms with E-state index >= 15 is 0 Å². The number of hydrogen-bond acceptors (Lipinski definition) is 2. The van der Waals surface area contributed by atoms with E-state index in [2.05, 4.69) is 22.5 Å². The van der Waals surface area contributed by atoms with E-state index in [1.165, 1.54) is 11.6 Å². The summed E-state index contributed by atoms with van der Waals surface area (Å²) in [6.45, 7) is 2.39. The highest BCUT2D eigenvalue weighted by atomic mass is 19.2. The minimum Gasteiger partial charge on any atom is -0.344 e. The van der Waals surface area contributed by atoms with Crippen molar-refractivity contribution in [2.45, 2.75) is 38.8 Å². The number of amides is 1. The topological polar surface area (TPSA) is 46.9 Å². The maximum atomic E-state index is 13.6. The van der Waals surface area contributed by atoms with Crippen LogP contribution < -0.4 is 5.32 Å². The number of nitrogens with one attached hydrogen (secondary N) is 1. The van der Waals surface area contributed by atoms with Gasteiger partial charge >= 0.3 is 0 Å². The summed E-state index contributed by atoms with van der Waals surface area (Å²) < 4.78 is 28.5. The third-order valence-corrected chi connectivity index (χ3v) is 5.20. The van der Waals surface area contributed by atoms with Crippen LogP contribution in [0, 0.1) is 11.6 Å². The second-order valence-electron chi connectivity index (χ2n) is 6.98. The second-order valence-corrected chi connectivity index (χ2v) is 6.98. The van der Waals surface area contributed by atoms with Gasteiger partial charge < -0.3 is 5.32 Å². The van der Waals surface area contributed by atoms with Gasteiger partial charge in [-0.2, -0.15) is 5.10 Å². The number of nitrogens with zero attached hydrogens (tertiary/aromatic N) is 2. The minimum absolute atomic E-state index is 0.0454. The highest BCUT2D eigenvalue weighted by Gasteiger charge is 2.24. The van der Waals surface area contributed by atoms with Gasteiger partial charge in [0.2, 0.25) is 0 Å². The number of aryl methyl sites for hydroxylation is 2. The molecule has 0 radical (unpaired) electrons. The molecule has 2 aromatic carbocycles. The number of rotatable bonds is 4. The summed E-state index contributed by atoms with van der Waals surface area (Å²) in [6, 6.07) is 13.4. The first-order valence-electron chi connectivity index (χ1n) is 9.48. The Kier molecular flexibility index (Phi) is 4.94. The van der Waals surface area contributed by atoms with E-state index in [0.29, 0.717) is 17.8 Å². The van der Waals surface area contributed by atoms with Crippen molar-refractivity contribution < 1.29 is 13.6 Å². The summed E-state index contributed by atoms with van der Waals surface area (Å²) in [4.78, 5) is 12.8. The molecule has 1 unspecified atom stereocenters. The van der Waals surface area contributed by atoms with Gasteiger partial charge in [0.05, 0.1) is 11.7 Å². The third kappa shape index (κ3) is 3.42. The van der Waals surface area contributed by atoms with E-state index in [4.69, 9.17) is 0 Å². The van der Waals surface area contributed by atoms with Crippen LogP contribution in [0.5, 0.6) is 0 Å². The van der Waals surface area contributed by atoms with Crippen LogP contribution in [0.2, 0.25) is 0 Å². The quantitative estimate of drug-likeness (QED) is 0.715. The molecule has 4 rings (SSSR count). The Labute approximate surface area is 162 Å². The van der Waals surface area contributed by atoms with E-state index in [1.807, 2.05) is 19.1 Å². The van der Waals surface area contributed by atoms with Gasteiger partial charge in [-0.1, -0.05) is 24.3 Å². The second kappa shape index (κ2) is 7.54. The summed E-state index contributed by atoms with van der Waals surface area (Å²) in [6.07, 6.45) is 2.92. The van der Waals surface area contributed by atoms with E-state index < -0.39 is 11.6 Å². The lowest BCUT2D eigenvalue weighted by atomic mass is 9.87. The van der Waals surface area contributed by atoms with Crippen LogP contribution in [0.25, 0.3) is 11.3 Å². The lowest BCUT2D eigenvalue weighted by molar-refractivity contribution is 0.0927. The van der Waals surface area contributed by atoms with Gasteiger partial charge in [0.1, 0.15) is 0 Å². The van der Waals surface area contributed by atoms with Crippen molar-refractivity contribution in [3.8, 4) is 11.3 Å². The molecule has 0 saturated heterocycles. The SMILES string of the molecule is CCn1nc(C(=O)NC2CCCc3ccccc32)cc1-c1ccc(F)c(F)c1. The highest BCUT2D eigenvalue weighted by molar-refractivity contribution is 5.93. The Morgan fingerprint density at radius 1 is 1.18 bits per heavy atom. The fourth-order valence-corrected chi connectivity index (χ4v) is 3.79. The molecule has 0 bridgehead atoms. The molecule has 6 heteroatoms. The first-order chi connectivity index (χ1) is 13.6. The molecule has 1 aliphatic carbocycles. The van der Waals surface area contributed by atoms with Crippen molar-refractivity contribution in [2.24, 2.45) is 0 Å². The van der Waals surface area contributed by atoms with Crippen molar-refractivity contribution in [3.63, 3.8) is 0 Å². The van der Waals surface area contributed by atoms with Crippen molar-refractivity contribution in [1.29, 1.82) is 0 Å². The summed E-state index contributed by atoms with van der Waals surface area (Å²) >= 11 is 0. The number of aromatic nitrogens is 2. The molecular weight excluding hydrogens is 360 g/mol. The zero-order valence-electron chi connectivity index (χ0n) is 15.6. The van der Waals surface area contributed by atoms with Crippen LogP contribution >= 0.6 is 0 Å². The van der Waals surface area contributed by atoms with Gasteiger partial charge in [-0.3, -0.25) is 9.48 Å². The Balaban J connectivity index is 1.61. The van der Waals surface area contributed by atoms with Crippen LogP contribution in [-0.2, 0) is 13.0 Å². The molecule has 28 heavy (non-hydrogen) atoms. The molecule has 0 saturated carbocycles. The molecule has 1 aliphatic rings. The molecular formula is C22H21F2N3O. The lowest BCUT2D eigenvalue weighted by Crippen LogP contribution is -2.31. The fourth-order valence-electron chi connectivity index (χ4n) is 3.79. The minimum atomic E-state index is -0.925. The molecule has 1 amide bonds. The molecule has 0 fully saturated rings. The van der Waals surface area contributed by atoms with Crippen molar-refractivity contribution in [3.05, 3.63) is 77.0 Å². The Hall–Kier alpha value is -3.02. The Morgan fingerprint density at radius 2 is 2.00 bits per heavy atom. The van der Waals surface area contributed by atoms with Crippen LogP contribution in [0.15, 0.2) is 48.5 Å². The maximum Gasteiger partial charge on any atom is 0.272 e. The number of carbonyl (C=O) groups is 1. The summed E-state index contributed by atoms with van der Waals surface area (Å²) in [5.74, 6) is -2.09.